The van der Waals surface area contributed by atoms with Crippen LogP contribution in [0, 0.1) is 6.92 Å². The minimum Gasteiger partial charge on any atom is -0.492 e. The highest BCUT2D eigenvalue weighted by atomic mass is 16.5. The quantitative estimate of drug-likeness (QED) is 0.407. The number of aromatic hydroxyl groups is 1. The molecule has 4 rings (SSSR count). The van der Waals surface area contributed by atoms with Crippen LogP contribution < -0.4 is 4.74 Å². The second kappa shape index (κ2) is 9.38. The summed E-state index contributed by atoms with van der Waals surface area (Å²) in [6.45, 7) is 2.61. The van der Waals surface area contributed by atoms with Crippen LogP contribution in [0.15, 0.2) is 65.2 Å². The van der Waals surface area contributed by atoms with Gasteiger partial charge in [-0.05, 0) is 43.2 Å². The van der Waals surface area contributed by atoms with Gasteiger partial charge in [0.15, 0.2) is 0 Å². The summed E-state index contributed by atoms with van der Waals surface area (Å²) >= 11 is 0. The van der Waals surface area contributed by atoms with Gasteiger partial charge in [0.1, 0.15) is 23.8 Å². The van der Waals surface area contributed by atoms with Crippen molar-refractivity contribution < 1.29 is 24.2 Å². The van der Waals surface area contributed by atoms with Crippen LogP contribution in [0.4, 0.5) is 0 Å². The average molecular weight is 433 g/mol. The number of rotatable bonds is 9. The van der Waals surface area contributed by atoms with Crippen LogP contribution in [0.3, 0.4) is 0 Å². The minimum absolute atomic E-state index is 0.0525. The predicted molar refractivity (Wildman–Crippen MR) is 116 cm³/mol. The summed E-state index contributed by atoms with van der Waals surface area (Å²) in [5, 5.41) is 22.7. The van der Waals surface area contributed by atoms with Crippen molar-refractivity contribution in [2.45, 2.75) is 32.9 Å². The molecule has 0 aliphatic rings. The first-order valence-corrected chi connectivity index (χ1v) is 10.2. The van der Waals surface area contributed by atoms with E-state index in [2.05, 4.69) is 10.1 Å². The Labute approximate surface area is 184 Å². The fraction of sp³-hybridized carbons (Fsp3) is 0.208. The van der Waals surface area contributed by atoms with Crippen molar-refractivity contribution >= 4 is 5.97 Å². The lowest BCUT2D eigenvalue weighted by atomic mass is 10.2. The molecule has 8 heteroatoms. The summed E-state index contributed by atoms with van der Waals surface area (Å²) in [6.07, 6.45) is 1.85. The van der Waals surface area contributed by atoms with E-state index in [0.29, 0.717) is 30.4 Å². The van der Waals surface area contributed by atoms with E-state index in [9.17, 15) is 9.90 Å². The number of nitrogens with zero attached hydrogens (tertiary/aromatic N) is 3. The van der Waals surface area contributed by atoms with Crippen LogP contribution in [0.2, 0.25) is 0 Å². The van der Waals surface area contributed by atoms with E-state index in [-0.39, 0.29) is 18.7 Å². The Bertz CT molecular complexity index is 1200. The third kappa shape index (κ3) is 5.15. The second-order valence-electron chi connectivity index (χ2n) is 7.39. The molecular weight excluding hydrogens is 410 g/mol. The molecule has 32 heavy (non-hydrogen) atoms. The van der Waals surface area contributed by atoms with Crippen molar-refractivity contribution in [1.82, 2.24) is 14.8 Å². The van der Waals surface area contributed by atoms with E-state index >= 15 is 0 Å². The number of ether oxygens (including phenoxy) is 1. The summed E-state index contributed by atoms with van der Waals surface area (Å²) in [6, 6.07) is 17.3. The van der Waals surface area contributed by atoms with Crippen molar-refractivity contribution in [3.63, 3.8) is 0 Å². The summed E-state index contributed by atoms with van der Waals surface area (Å²) in [4.78, 5) is 15.3. The molecule has 4 aromatic rings. The zero-order valence-electron chi connectivity index (χ0n) is 17.6. The lowest BCUT2D eigenvalue weighted by Gasteiger charge is -2.06. The van der Waals surface area contributed by atoms with Crippen molar-refractivity contribution in [2.24, 2.45) is 0 Å². The molecule has 0 aliphatic heterocycles. The number of aromatic nitrogens is 3. The van der Waals surface area contributed by atoms with Gasteiger partial charge in [-0.25, -0.2) is 4.98 Å². The van der Waals surface area contributed by atoms with E-state index in [1.807, 2.05) is 61.5 Å². The maximum Gasteiger partial charge on any atom is 0.303 e. The standard InChI is InChI=1S/C24H23N3O5/c1-16-21(25-24(32-16)18-5-3-2-4-6-18)15-31-20-10-7-17(8-11-20)13-27-14-19(23(30)26-27)9-12-22(28)29/h2-8,10-11,14H,9,12-13,15H2,1H3,(H,26,30)(H,28,29). The van der Waals surface area contributed by atoms with Crippen molar-refractivity contribution in [2.75, 3.05) is 0 Å². The molecule has 2 N–H and O–H groups in total. The Morgan fingerprint density at radius 2 is 1.88 bits per heavy atom. The molecule has 0 saturated heterocycles. The molecule has 0 saturated carbocycles. The number of aliphatic carboxylic acids is 1. The lowest BCUT2D eigenvalue weighted by molar-refractivity contribution is -0.136. The number of carbonyl (C=O) groups is 1. The molecule has 2 aromatic carbocycles. The highest BCUT2D eigenvalue weighted by Crippen LogP contribution is 2.23. The molecule has 2 aromatic heterocycles. The van der Waals surface area contributed by atoms with Gasteiger partial charge in [0.2, 0.25) is 11.8 Å². The van der Waals surface area contributed by atoms with Gasteiger partial charge in [-0.3, -0.25) is 9.48 Å². The molecule has 0 spiro atoms. The average Bonchev–Trinajstić information content (AvgIpc) is 3.34. The van der Waals surface area contributed by atoms with E-state index in [1.54, 1.807) is 10.9 Å². The first kappa shape index (κ1) is 21.2. The zero-order chi connectivity index (χ0) is 22.5. The molecule has 2 heterocycles. The van der Waals surface area contributed by atoms with E-state index in [4.69, 9.17) is 14.3 Å². The second-order valence-corrected chi connectivity index (χ2v) is 7.39. The van der Waals surface area contributed by atoms with Gasteiger partial charge in [-0.15, -0.1) is 5.10 Å². The Hall–Kier alpha value is -4.07. The van der Waals surface area contributed by atoms with Crippen LogP contribution in [-0.4, -0.2) is 30.9 Å². The largest absolute Gasteiger partial charge is 0.492 e. The molecule has 164 valence electrons. The number of benzene rings is 2. The summed E-state index contributed by atoms with van der Waals surface area (Å²) in [5.74, 6) is 0.941. The lowest BCUT2D eigenvalue weighted by Crippen LogP contribution is -2.01. The molecule has 0 amide bonds. The van der Waals surface area contributed by atoms with Gasteiger partial charge >= 0.3 is 5.97 Å². The smallest absolute Gasteiger partial charge is 0.303 e. The highest BCUT2D eigenvalue weighted by molar-refractivity contribution is 5.67. The Morgan fingerprint density at radius 1 is 1.12 bits per heavy atom. The first-order valence-electron chi connectivity index (χ1n) is 10.2. The summed E-state index contributed by atoms with van der Waals surface area (Å²) in [5.41, 5.74) is 3.15. The molecule has 0 bridgehead atoms. The molecule has 0 fully saturated rings. The Morgan fingerprint density at radius 3 is 2.59 bits per heavy atom. The molecular formula is C24H23N3O5. The molecule has 0 atom stereocenters. The van der Waals surface area contributed by atoms with Crippen molar-refractivity contribution in [1.29, 1.82) is 0 Å². The van der Waals surface area contributed by atoms with Crippen molar-refractivity contribution in [3.05, 3.63) is 83.4 Å². The molecule has 0 aliphatic carbocycles. The third-order valence-corrected chi connectivity index (χ3v) is 4.98. The van der Waals surface area contributed by atoms with Gasteiger partial charge in [-0.2, -0.15) is 0 Å². The highest BCUT2D eigenvalue weighted by Gasteiger charge is 2.12. The van der Waals surface area contributed by atoms with E-state index < -0.39 is 5.97 Å². The molecule has 0 radical (unpaired) electrons. The Kier molecular flexibility index (Phi) is 6.21. The number of hydrogen-bond donors (Lipinski definition) is 2. The fourth-order valence-corrected chi connectivity index (χ4v) is 3.25. The number of oxazole rings is 1. The third-order valence-electron chi connectivity index (χ3n) is 4.98. The summed E-state index contributed by atoms with van der Waals surface area (Å²) < 4.78 is 13.2. The minimum atomic E-state index is -0.912. The number of aryl methyl sites for hydroxylation is 2. The maximum absolute atomic E-state index is 10.7. The first-order chi connectivity index (χ1) is 15.5. The van der Waals surface area contributed by atoms with E-state index in [1.165, 1.54) is 0 Å². The molecule has 0 unspecified atom stereocenters. The van der Waals surface area contributed by atoms with Crippen LogP contribution >= 0.6 is 0 Å². The van der Waals surface area contributed by atoms with Crippen LogP contribution in [0.25, 0.3) is 11.5 Å². The number of carboxylic acids is 1. The maximum atomic E-state index is 10.7. The zero-order valence-corrected chi connectivity index (χ0v) is 17.6. The fourth-order valence-electron chi connectivity index (χ4n) is 3.25. The molecule has 8 nitrogen and oxygen atoms in total. The van der Waals surface area contributed by atoms with E-state index in [0.717, 1.165) is 22.6 Å². The predicted octanol–water partition coefficient (Wildman–Crippen LogP) is 4.20. The topological polar surface area (TPSA) is 111 Å². The monoisotopic (exact) mass is 433 g/mol. The SMILES string of the molecule is Cc1oc(-c2ccccc2)nc1COc1ccc(Cn2cc(CCC(=O)O)c(O)n2)cc1. The summed E-state index contributed by atoms with van der Waals surface area (Å²) in [7, 11) is 0. The van der Waals surface area contributed by atoms with Crippen LogP contribution in [0.1, 0.15) is 29.0 Å². The van der Waals surface area contributed by atoms with Gasteiger partial charge < -0.3 is 19.4 Å². The number of carboxylic acid groups (broad SMARTS) is 1. The van der Waals surface area contributed by atoms with Gasteiger partial charge in [0.25, 0.3) is 0 Å². The normalized spacial score (nSPS) is 10.9. The van der Waals surface area contributed by atoms with Crippen LogP contribution in [0.5, 0.6) is 11.6 Å². The van der Waals surface area contributed by atoms with Gasteiger partial charge in [0, 0.05) is 23.7 Å². The number of hydrogen-bond acceptors (Lipinski definition) is 6. The Balaban J connectivity index is 1.35. The van der Waals surface area contributed by atoms with Gasteiger partial charge in [-0.1, -0.05) is 30.3 Å². The van der Waals surface area contributed by atoms with Crippen LogP contribution in [-0.2, 0) is 24.4 Å². The van der Waals surface area contributed by atoms with Gasteiger partial charge in [0.05, 0.1) is 6.54 Å². The van der Waals surface area contributed by atoms with Crippen molar-refractivity contribution in [3.8, 4) is 23.1 Å².